The van der Waals surface area contributed by atoms with Crippen LogP contribution in [0.1, 0.15) is 62.4 Å². The highest BCUT2D eigenvalue weighted by Crippen LogP contribution is 2.30. The van der Waals surface area contributed by atoms with E-state index >= 15 is 0 Å². The number of benzene rings is 3. The number of hydrogen-bond acceptors (Lipinski definition) is 10. The molecular formula is C39H39ClN10O. The zero-order valence-electron chi connectivity index (χ0n) is 29.4. The Labute approximate surface area is 304 Å². The molecule has 5 aromatic rings. The van der Waals surface area contributed by atoms with Crippen LogP contribution >= 0.6 is 11.6 Å². The minimum absolute atomic E-state index is 0.213. The van der Waals surface area contributed by atoms with Crippen molar-refractivity contribution < 1.29 is 6.17 Å². The van der Waals surface area contributed by atoms with E-state index in [0.717, 1.165) is 67.2 Å². The SMILES string of the molecule is N#Cc1cc(-c2ccnc(Cl)n2)ccc1N1CCCC1.N#Cc1cc(-c2ccnc(Nc3cccc(C(N)=O)c3)n2)ccc1N1CCCC1.[2H]CC. The van der Waals surface area contributed by atoms with E-state index in [2.05, 4.69) is 47.2 Å². The van der Waals surface area contributed by atoms with Crippen LogP contribution in [0.2, 0.25) is 5.28 Å². The largest absolute Gasteiger partial charge is 0.370 e. The monoisotopic (exact) mass is 699 g/mol. The van der Waals surface area contributed by atoms with Gasteiger partial charge in [0.25, 0.3) is 0 Å². The van der Waals surface area contributed by atoms with E-state index < -0.39 is 5.91 Å². The molecule has 2 aromatic heterocycles. The van der Waals surface area contributed by atoms with Gasteiger partial charge in [-0.15, -0.1) is 0 Å². The second kappa shape index (κ2) is 17.6. The van der Waals surface area contributed by atoms with Gasteiger partial charge in [-0.1, -0.05) is 32.0 Å². The lowest BCUT2D eigenvalue weighted by atomic mass is 10.1. The van der Waals surface area contributed by atoms with E-state index in [1.165, 1.54) is 12.8 Å². The number of hydrogen-bond donors (Lipinski definition) is 2. The summed E-state index contributed by atoms with van der Waals surface area (Å²) >= 11 is 5.81. The van der Waals surface area contributed by atoms with Crippen LogP contribution in [0.15, 0.2) is 85.2 Å². The van der Waals surface area contributed by atoms with Gasteiger partial charge in [0.1, 0.15) is 12.1 Å². The molecule has 0 spiro atoms. The fourth-order valence-corrected chi connectivity index (χ4v) is 6.14. The maximum absolute atomic E-state index is 11.4. The number of aromatic nitrogens is 4. The first-order chi connectivity index (χ1) is 25.3. The number of nitriles is 2. The van der Waals surface area contributed by atoms with Crippen molar-refractivity contribution in [3.05, 3.63) is 107 Å². The van der Waals surface area contributed by atoms with Crippen molar-refractivity contribution >= 4 is 40.5 Å². The van der Waals surface area contributed by atoms with Gasteiger partial charge in [0.05, 0.1) is 33.9 Å². The summed E-state index contributed by atoms with van der Waals surface area (Å²) in [4.78, 5) is 32.7. The van der Waals surface area contributed by atoms with Crippen molar-refractivity contribution in [1.29, 1.82) is 10.5 Å². The van der Waals surface area contributed by atoms with Crippen molar-refractivity contribution in [2.24, 2.45) is 5.73 Å². The molecule has 1 amide bonds. The van der Waals surface area contributed by atoms with E-state index in [0.29, 0.717) is 40.9 Å². The molecule has 0 unspecified atom stereocenters. The van der Waals surface area contributed by atoms with Gasteiger partial charge in [0.15, 0.2) is 0 Å². The highest BCUT2D eigenvalue weighted by molar-refractivity contribution is 6.28. The van der Waals surface area contributed by atoms with Gasteiger partial charge < -0.3 is 20.9 Å². The lowest BCUT2D eigenvalue weighted by Crippen LogP contribution is -2.18. The standard InChI is InChI=1S/C22H20N6O.C15H13ClN4.C2H6/c23-14-17-12-15(6-7-20(17)28-10-1-2-11-28)19-8-9-25-22(27-19)26-18-5-3-4-16(13-18)21(24)29;16-15-18-6-5-13(19-15)11-3-4-14(12(9-11)10-17)20-7-1-2-8-20;1-2/h3-9,12-13H,1-2,10-11H2,(H2,24,29)(H,25,26,27);3-6,9H,1-2,7-8H2;1-2H3/i;;1D. The van der Waals surface area contributed by atoms with Crippen LogP contribution in [0, 0.1) is 22.7 Å². The summed E-state index contributed by atoms with van der Waals surface area (Å²) in [5, 5.41) is 22.3. The first kappa shape index (κ1) is 34.8. The molecule has 2 fully saturated rings. The third-order valence-corrected chi connectivity index (χ3v) is 8.59. The van der Waals surface area contributed by atoms with Crippen LogP contribution in [0.25, 0.3) is 22.5 Å². The van der Waals surface area contributed by atoms with Gasteiger partial charge in [-0.2, -0.15) is 10.5 Å². The normalized spacial score (nSPS) is 13.5. The summed E-state index contributed by atoms with van der Waals surface area (Å²) in [6.07, 6.45) is 7.96. The average Bonchev–Trinajstić information content (AvgIpc) is 3.91. The summed E-state index contributed by atoms with van der Waals surface area (Å²) in [6, 6.07) is 26.7. The third kappa shape index (κ3) is 9.15. The molecule has 0 saturated carbocycles. The van der Waals surface area contributed by atoms with Crippen molar-refractivity contribution in [2.45, 2.75) is 39.5 Å². The molecule has 2 aliphatic rings. The Hall–Kier alpha value is -6.04. The van der Waals surface area contributed by atoms with Gasteiger partial charge >= 0.3 is 0 Å². The molecule has 0 radical (unpaired) electrons. The Kier molecular flexibility index (Phi) is 12.0. The second-order valence-electron chi connectivity index (χ2n) is 11.6. The first-order valence-electron chi connectivity index (χ1n) is 17.4. The maximum Gasteiger partial charge on any atom is 0.248 e. The van der Waals surface area contributed by atoms with E-state index in [4.69, 9.17) is 18.7 Å². The Balaban J connectivity index is 0.000000198. The fourth-order valence-electron chi connectivity index (χ4n) is 5.99. The van der Waals surface area contributed by atoms with Crippen LogP contribution in [0.4, 0.5) is 23.0 Å². The Morgan fingerprint density at radius 2 is 1.33 bits per heavy atom. The summed E-state index contributed by atoms with van der Waals surface area (Å²) in [5.74, 6) is -0.100. The van der Waals surface area contributed by atoms with Crippen LogP contribution in [-0.4, -0.2) is 52.0 Å². The number of halogens is 1. The Bertz CT molecular complexity index is 2080. The van der Waals surface area contributed by atoms with Crippen LogP contribution < -0.4 is 20.9 Å². The number of nitrogens with two attached hydrogens (primary N) is 1. The maximum atomic E-state index is 11.4. The van der Waals surface area contributed by atoms with Crippen LogP contribution in [0.3, 0.4) is 0 Å². The lowest BCUT2D eigenvalue weighted by Gasteiger charge is -2.19. The van der Waals surface area contributed by atoms with Crippen LogP contribution in [-0.2, 0) is 0 Å². The number of amides is 1. The number of rotatable bonds is 7. The molecule has 11 nitrogen and oxygen atoms in total. The predicted octanol–water partition coefficient (Wildman–Crippen LogP) is 7.75. The molecule has 3 aromatic carbocycles. The minimum atomic E-state index is -0.495. The lowest BCUT2D eigenvalue weighted by molar-refractivity contribution is 0.100. The quantitative estimate of drug-likeness (QED) is 0.161. The van der Waals surface area contributed by atoms with E-state index in [-0.39, 0.29) is 5.28 Å². The third-order valence-electron chi connectivity index (χ3n) is 8.40. The summed E-state index contributed by atoms with van der Waals surface area (Å²) < 4.78 is 6.21. The molecule has 4 heterocycles. The van der Waals surface area contributed by atoms with Crippen molar-refractivity contribution in [1.82, 2.24) is 19.9 Å². The zero-order valence-corrected chi connectivity index (χ0v) is 29.1. The Morgan fingerprint density at radius 3 is 1.84 bits per heavy atom. The van der Waals surface area contributed by atoms with Gasteiger partial charge in [-0.25, -0.2) is 19.9 Å². The summed E-state index contributed by atoms with van der Waals surface area (Å²) in [6.45, 7) is 6.31. The molecular weight excluding hydrogens is 660 g/mol. The molecule has 0 bridgehead atoms. The topological polar surface area (TPSA) is 161 Å². The number of nitrogens with zero attached hydrogens (tertiary/aromatic N) is 8. The molecule has 2 aliphatic heterocycles. The number of nitrogens with one attached hydrogen (secondary N) is 1. The summed E-state index contributed by atoms with van der Waals surface area (Å²) in [5.41, 5.74) is 12.9. The van der Waals surface area contributed by atoms with E-state index in [1.54, 1.807) is 55.7 Å². The smallest absolute Gasteiger partial charge is 0.248 e. The fraction of sp³-hybridized carbons (Fsp3) is 0.256. The highest BCUT2D eigenvalue weighted by atomic mass is 35.5. The van der Waals surface area contributed by atoms with E-state index in [9.17, 15) is 15.3 Å². The van der Waals surface area contributed by atoms with Gasteiger partial charge in [0, 0.05) is 62.3 Å². The molecule has 258 valence electrons. The van der Waals surface area contributed by atoms with Crippen LogP contribution in [0.5, 0.6) is 0 Å². The molecule has 0 atom stereocenters. The molecule has 2 saturated heterocycles. The second-order valence-corrected chi connectivity index (χ2v) is 12.0. The Morgan fingerprint density at radius 1 is 0.804 bits per heavy atom. The van der Waals surface area contributed by atoms with Crippen molar-refractivity contribution in [3.63, 3.8) is 0 Å². The number of primary amides is 1. The molecule has 3 N–H and O–H groups in total. The zero-order chi connectivity index (χ0) is 36.9. The van der Waals surface area contributed by atoms with Gasteiger partial charge in [0.2, 0.25) is 17.1 Å². The van der Waals surface area contributed by atoms with Crippen molar-refractivity contribution in [3.8, 4) is 34.7 Å². The van der Waals surface area contributed by atoms with Crippen molar-refractivity contribution in [2.75, 3.05) is 41.3 Å². The molecule has 51 heavy (non-hydrogen) atoms. The molecule has 0 aliphatic carbocycles. The molecule has 12 heteroatoms. The minimum Gasteiger partial charge on any atom is -0.370 e. The highest BCUT2D eigenvalue weighted by Gasteiger charge is 2.18. The number of anilines is 4. The summed E-state index contributed by atoms with van der Waals surface area (Å²) in [7, 11) is 0. The predicted molar refractivity (Wildman–Crippen MR) is 202 cm³/mol. The van der Waals surface area contributed by atoms with E-state index in [1.807, 2.05) is 36.4 Å². The van der Waals surface area contributed by atoms with Gasteiger partial charge in [-0.05, 0) is 91.9 Å². The van der Waals surface area contributed by atoms with Gasteiger partial charge in [-0.3, -0.25) is 4.79 Å². The first-order valence-corrected chi connectivity index (χ1v) is 17.1. The number of carbonyl (C=O) groups is 1. The molecule has 7 rings (SSSR count). The average molecular weight is 700 g/mol. The number of carbonyl (C=O) groups excluding carboxylic acids is 1.